The van der Waals surface area contributed by atoms with Crippen LogP contribution in [0.25, 0.3) is 11.1 Å². The molecule has 2 N–H and O–H groups in total. The van der Waals surface area contributed by atoms with Gasteiger partial charge in [0, 0.05) is 19.0 Å². The zero-order valence-electron chi connectivity index (χ0n) is 18.0. The number of hydrogen-bond donors (Lipinski definition) is 1. The van der Waals surface area contributed by atoms with E-state index in [2.05, 4.69) is 22.6 Å². The largest absolute Gasteiger partial charge is 0.477 e. The number of likely N-dealkylation sites (tertiary alicyclic amines) is 1. The molecule has 1 fully saturated rings. The molecule has 3 aromatic rings. The molecule has 1 aliphatic heterocycles. The minimum absolute atomic E-state index is 0.0622. The maximum absolute atomic E-state index is 11.8. The van der Waals surface area contributed by atoms with E-state index < -0.39 is 0 Å². The molecular formula is C25H23N5O3. The summed E-state index contributed by atoms with van der Waals surface area (Å²) in [5.74, 6) is 2.13. The van der Waals surface area contributed by atoms with Crippen molar-refractivity contribution in [3.05, 3.63) is 73.1 Å². The first kappa shape index (κ1) is 21.8. The molecule has 1 aromatic heterocycles. The lowest BCUT2D eigenvalue weighted by atomic mass is 10.1. The van der Waals surface area contributed by atoms with E-state index in [1.165, 1.54) is 12.4 Å². The summed E-state index contributed by atoms with van der Waals surface area (Å²) in [6.45, 7) is 5.28. The smallest absolute Gasteiger partial charge is 0.245 e. The molecule has 0 spiro atoms. The van der Waals surface area contributed by atoms with Gasteiger partial charge in [-0.1, -0.05) is 18.7 Å². The molecular weight excluding hydrogens is 418 g/mol. The molecule has 1 aliphatic rings. The van der Waals surface area contributed by atoms with Crippen LogP contribution < -0.4 is 15.2 Å². The van der Waals surface area contributed by atoms with Gasteiger partial charge in [-0.15, -0.1) is 0 Å². The molecule has 8 nitrogen and oxygen atoms in total. The van der Waals surface area contributed by atoms with Gasteiger partial charge in [-0.3, -0.25) is 4.79 Å². The topological polar surface area (TPSA) is 114 Å². The highest BCUT2D eigenvalue weighted by molar-refractivity contribution is 5.87. The molecule has 4 rings (SSSR count). The standard InChI is InChI=1S/C25H23N5O3/c1-2-22(31)30-12-11-18(14-30)15-32-25-23(24(27)28-16-29-25)19-5-9-21(10-6-19)33-20-7-3-17(13-26)4-8-20/h2-10,16,18H,1,11-12,14-15H2,(H2,27,28,29). The highest BCUT2D eigenvalue weighted by Gasteiger charge is 2.26. The number of benzene rings is 2. The summed E-state index contributed by atoms with van der Waals surface area (Å²) in [5.41, 5.74) is 8.13. The lowest BCUT2D eigenvalue weighted by Crippen LogP contribution is -2.27. The van der Waals surface area contributed by atoms with Gasteiger partial charge in [0.1, 0.15) is 23.6 Å². The Labute approximate surface area is 191 Å². The average molecular weight is 441 g/mol. The first-order valence-electron chi connectivity index (χ1n) is 10.5. The highest BCUT2D eigenvalue weighted by atomic mass is 16.5. The molecule has 1 amide bonds. The van der Waals surface area contributed by atoms with Crippen molar-refractivity contribution in [3.63, 3.8) is 0 Å². The first-order chi connectivity index (χ1) is 16.1. The summed E-state index contributed by atoms with van der Waals surface area (Å²) in [7, 11) is 0. The fraction of sp³-hybridized carbons (Fsp3) is 0.200. The van der Waals surface area contributed by atoms with Crippen LogP contribution in [0.1, 0.15) is 12.0 Å². The van der Waals surface area contributed by atoms with Crippen molar-refractivity contribution in [2.75, 3.05) is 25.4 Å². The minimum Gasteiger partial charge on any atom is -0.477 e. The van der Waals surface area contributed by atoms with E-state index in [4.69, 9.17) is 20.5 Å². The molecule has 2 aromatic carbocycles. The van der Waals surface area contributed by atoms with Crippen LogP contribution in [0, 0.1) is 17.2 Å². The van der Waals surface area contributed by atoms with Crippen LogP contribution in [0.4, 0.5) is 5.82 Å². The summed E-state index contributed by atoms with van der Waals surface area (Å²) in [5, 5.41) is 8.90. The van der Waals surface area contributed by atoms with Crippen molar-refractivity contribution >= 4 is 11.7 Å². The lowest BCUT2D eigenvalue weighted by molar-refractivity contribution is -0.125. The summed E-state index contributed by atoms with van der Waals surface area (Å²) < 4.78 is 11.9. The maximum atomic E-state index is 11.8. The Balaban J connectivity index is 1.46. The molecule has 0 saturated carbocycles. The summed E-state index contributed by atoms with van der Waals surface area (Å²) >= 11 is 0. The number of ether oxygens (including phenoxy) is 2. The number of carbonyl (C=O) groups is 1. The van der Waals surface area contributed by atoms with Gasteiger partial charge in [0.2, 0.25) is 11.8 Å². The third-order valence-corrected chi connectivity index (χ3v) is 5.43. The Hall–Kier alpha value is -4.38. The van der Waals surface area contributed by atoms with Gasteiger partial charge in [-0.05, 0) is 54.5 Å². The van der Waals surface area contributed by atoms with E-state index in [1.807, 2.05) is 24.3 Å². The second-order valence-corrected chi connectivity index (χ2v) is 7.66. The number of amides is 1. The van der Waals surface area contributed by atoms with Crippen LogP contribution in [-0.2, 0) is 4.79 Å². The fourth-order valence-electron chi connectivity index (χ4n) is 3.68. The number of nitrogen functional groups attached to an aromatic ring is 1. The van der Waals surface area contributed by atoms with E-state index in [9.17, 15) is 4.79 Å². The van der Waals surface area contributed by atoms with Gasteiger partial charge >= 0.3 is 0 Å². The van der Waals surface area contributed by atoms with E-state index in [1.54, 1.807) is 29.2 Å². The van der Waals surface area contributed by atoms with Gasteiger partial charge < -0.3 is 20.1 Å². The average Bonchev–Trinajstić information content (AvgIpc) is 3.32. The third-order valence-electron chi connectivity index (χ3n) is 5.43. The van der Waals surface area contributed by atoms with Gasteiger partial charge in [-0.2, -0.15) is 5.26 Å². The number of rotatable bonds is 7. The SMILES string of the molecule is C=CC(=O)N1CCC(COc2ncnc(N)c2-c2ccc(Oc3ccc(C#N)cc3)cc2)C1. The second-order valence-electron chi connectivity index (χ2n) is 7.66. The van der Waals surface area contributed by atoms with Gasteiger partial charge in [0.05, 0.1) is 23.8 Å². The van der Waals surface area contributed by atoms with Gasteiger partial charge in [0.15, 0.2) is 0 Å². The van der Waals surface area contributed by atoms with Crippen molar-refractivity contribution in [3.8, 4) is 34.6 Å². The van der Waals surface area contributed by atoms with E-state index in [-0.39, 0.29) is 11.8 Å². The molecule has 33 heavy (non-hydrogen) atoms. The van der Waals surface area contributed by atoms with Crippen LogP contribution in [0.5, 0.6) is 17.4 Å². The molecule has 0 bridgehead atoms. The predicted octanol–water partition coefficient (Wildman–Crippen LogP) is 3.80. The molecule has 1 unspecified atom stereocenters. The predicted molar refractivity (Wildman–Crippen MR) is 123 cm³/mol. The molecule has 1 atom stereocenters. The number of nitriles is 1. The van der Waals surface area contributed by atoms with Gasteiger partial charge in [0.25, 0.3) is 0 Å². The molecule has 2 heterocycles. The van der Waals surface area contributed by atoms with Crippen LogP contribution in [0.15, 0.2) is 67.5 Å². The van der Waals surface area contributed by atoms with E-state index in [0.717, 1.165) is 12.0 Å². The zero-order chi connectivity index (χ0) is 23.2. The monoisotopic (exact) mass is 441 g/mol. The summed E-state index contributed by atoms with van der Waals surface area (Å²) in [6, 6.07) is 16.3. The Morgan fingerprint density at radius 2 is 1.88 bits per heavy atom. The molecule has 8 heteroatoms. The van der Waals surface area contributed by atoms with Crippen LogP contribution in [0.2, 0.25) is 0 Å². The van der Waals surface area contributed by atoms with Gasteiger partial charge in [-0.25, -0.2) is 9.97 Å². The first-order valence-corrected chi connectivity index (χ1v) is 10.5. The molecule has 0 radical (unpaired) electrons. The van der Waals surface area contributed by atoms with Crippen molar-refractivity contribution in [1.29, 1.82) is 5.26 Å². The van der Waals surface area contributed by atoms with E-state index >= 15 is 0 Å². The van der Waals surface area contributed by atoms with Crippen molar-refractivity contribution < 1.29 is 14.3 Å². The Morgan fingerprint density at radius 3 is 2.55 bits per heavy atom. The van der Waals surface area contributed by atoms with E-state index in [0.29, 0.717) is 54.0 Å². The quantitative estimate of drug-likeness (QED) is 0.555. The maximum Gasteiger partial charge on any atom is 0.245 e. The number of hydrogen-bond acceptors (Lipinski definition) is 7. The third kappa shape index (κ3) is 5.10. The highest BCUT2D eigenvalue weighted by Crippen LogP contribution is 2.34. The minimum atomic E-state index is -0.0622. The van der Waals surface area contributed by atoms with Crippen LogP contribution >= 0.6 is 0 Å². The number of anilines is 1. The Bertz CT molecular complexity index is 1190. The Kier molecular flexibility index (Phi) is 6.51. The summed E-state index contributed by atoms with van der Waals surface area (Å²) in [4.78, 5) is 22.0. The van der Waals surface area contributed by atoms with Crippen molar-refractivity contribution in [1.82, 2.24) is 14.9 Å². The Morgan fingerprint density at radius 1 is 1.18 bits per heavy atom. The molecule has 1 saturated heterocycles. The van der Waals surface area contributed by atoms with Crippen molar-refractivity contribution in [2.24, 2.45) is 5.92 Å². The van der Waals surface area contributed by atoms with Crippen LogP contribution in [0.3, 0.4) is 0 Å². The summed E-state index contributed by atoms with van der Waals surface area (Å²) in [6.07, 6.45) is 3.57. The second kappa shape index (κ2) is 9.83. The van der Waals surface area contributed by atoms with Crippen molar-refractivity contribution in [2.45, 2.75) is 6.42 Å². The molecule has 166 valence electrons. The fourth-order valence-corrected chi connectivity index (χ4v) is 3.68. The number of carbonyl (C=O) groups excluding carboxylic acids is 1. The number of nitrogens with two attached hydrogens (primary N) is 1. The van der Waals surface area contributed by atoms with Crippen LogP contribution in [-0.4, -0.2) is 40.5 Å². The lowest BCUT2D eigenvalue weighted by Gasteiger charge is -2.16. The number of aromatic nitrogens is 2. The normalized spacial score (nSPS) is 15.0. The molecule has 0 aliphatic carbocycles. The number of nitrogens with zero attached hydrogens (tertiary/aromatic N) is 4. The zero-order valence-corrected chi connectivity index (χ0v) is 18.0.